The minimum absolute atomic E-state index is 0.138. The Morgan fingerprint density at radius 1 is 1.19 bits per heavy atom. The van der Waals surface area contributed by atoms with Crippen molar-refractivity contribution in [3.8, 4) is 5.75 Å². The lowest BCUT2D eigenvalue weighted by molar-refractivity contribution is -0.121. The lowest BCUT2D eigenvalue weighted by Crippen LogP contribution is -2.38. The van der Waals surface area contributed by atoms with Crippen molar-refractivity contribution < 1.29 is 9.90 Å². The first-order valence-corrected chi connectivity index (χ1v) is 8.03. The highest BCUT2D eigenvalue weighted by molar-refractivity contribution is 5.99. The molecule has 3 rings (SSSR count). The number of amides is 1. The fourth-order valence-corrected chi connectivity index (χ4v) is 2.62. The largest absolute Gasteiger partial charge is 0.508 e. The van der Waals surface area contributed by atoms with Crippen molar-refractivity contribution in [3.05, 3.63) is 57.0 Å². The average molecular weight is 370 g/mol. The van der Waals surface area contributed by atoms with Crippen LogP contribution in [0, 0.1) is 0 Å². The fraction of sp³-hybridized carbons (Fsp3) is 0.235. The molecule has 0 unspecified atom stereocenters. The number of nitrogens with one attached hydrogen (secondary N) is 1. The van der Waals surface area contributed by atoms with Gasteiger partial charge in [0.05, 0.1) is 12.0 Å². The van der Waals surface area contributed by atoms with Crippen molar-refractivity contribution >= 4 is 22.8 Å². The molecule has 0 atom stereocenters. The summed E-state index contributed by atoms with van der Waals surface area (Å²) in [5.41, 5.74) is 3.07. The van der Waals surface area contributed by atoms with Gasteiger partial charge in [-0.2, -0.15) is 5.10 Å². The van der Waals surface area contributed by atoms with Crippen LogP contribution in [0.5, 0.6) is 5.75 Å². The number of fused-ring (bicyclic) bond motifs is 1. The second-order valence-corrected chi connectivity index (χ2v) is 6.03. The number of aromatic nitrogens is 4. The maximum absolute atomic E-state index is 12.4. The van der Waals surface area contributed by atoms with E-state index in [1.54, 1.807) is 19.1 Å². The maximum atomic E-state index is 12.4. The number of aryl methyl sites for hydroxylation is 1. The number of benzene rings is 1. The van der Waals surface area contributed by atoms with Gasteiger partial charge in [-0.1, -0.05) is 0 Å². The van der Waals surface area contributed by atoms with E-state index in [1.807, 2.05) is 0 Å². The van der Waals surface area contributed by atoms with Gasteiger partial charge in [0.15, 0.2) is 11.2 Å². The van der Waals surface area contributed by atoms with Crippen molar-refractivity contribution in [1.29, 1.82) is 0 Å². The highest BCUT2D eigenvalue weighted by atomic mass is 16.3. The van der Waals surface area contributed by atoms with Crippen LogP contribution >= 0.6 is 0 Å². The van der Waals surface area contributed by atoms with Gasteiger partial charge in [-0.05, 0) is 36.8 Å². The highest BCUT2D eigenvalue weighted by Gasteiger charge is 2.15. The van der Waals surface area contributed by atoms with E-state index in [0.717, 1.165) is 10.1 Å². The van der Waals surface area contributed by atoms with E-state index >= 15 is 0 Å². The number of phenols is 1. The molecule has 10 heteroatoms. The molecule has 0 aliphatic heterocycles. The monoisotopic (exact) mass is 370 g/mol. The lowest BCUT2D eigenvalue weighted by Gasteiger charge is -2.06. The molecule has 1 aromatic carbocycles. The minimum Gasteiger partial charge on any atom is -0.508 e. The van der Waals surface area contributed by atoms with Crippen LogP contribution in [0.4, 0.5) is 0 Å². The normalized spacial score (nSPS) is 11.7. The minimum atomic E-state index is -0.526. The molecule has 27 heavy (non-hydrogen) atoms. The van der Waals surface area contributed by atoms with Gasteiger partial charge in [-0.25, -0.2) is 15.2 Å². The third-order valence-electron chi connectivity index (χ3n) is 4.16. The molecule has 2 aromatic heterocycles. The number of hydrogen-bond donors (Lipinski definition) is 2. The molecule has 0 saturated heterocycles. The van der Waals surface area contributed by atoms with E-state index in [9.17, 15) is 19.5 Å². The summed E-state index contributed by atoms with van der Waals surface area (Å²) in [7, 11) is 2.87. The number of imidazole rings is 1. The molecule has 1 amide bonds. The van der Waals surface area contributed by atoms with Gasteiger partial charge in [0.2, 0.25) is 0 Å². The van der Waals surface area contributed by atoms with Crippen molar-refractivity contribution in [2.75, 3.05) is 0 Å². The first-order valence-electron chi connectivity index (χ1n) is 8.03. The summed E-state index contributed by atoms with van der Waals surface area (Å²) in [5.74, 6) is -0.318. The second-order valence-electron chi connectivity index (χ2n) is 6.03. The molecule has 0 spiro atoms. The van der Waals surface area contributed by atoms with Gasteiger partial charge in [-0.3, -0.25) is 18.7 Å². The SMILES string of the molecule is C/C(=N/NC(=O)Cn1cnc2c1c(=O)n(C)c(=O)n2C)c1ccc(O)cc1. The number of rotatable bonds is 4. The van der Waals surface area contributed by atoms with Crippen LogP contribution in [-0.4, -0.2) is 35.4 Å². The molecule has 0 fully saturated rings. The summed E-state index contributed by atoms with van der Waals surface area (Å²) >= 11 is 0. The number of hydrazone groups is 1. The Hall–Kier alpha value is -3.69. The fourth-order valence-electron chi connectivity index (χ4n) is 2.62. The molecule has 0 aliphatic carbocycles. The zero-order chi connectivity index (χ0) is 19.7. The number of carbonyl (C=O) groups is 1. The lowest BCUT2D eigenvalue weighted by atomic mass is 10.1. The number of carbonyl (C=O) groups excluding carboxylic acids is 1. The van der Waals surface area contributed by atoms with Crippen molar-refractivity contribution in [1.82, 2.24) is 24.1 Å². The van der Waals surface area contributed by atoms with Gasteiger partial charge < -0.3 is 9.67 Å². The third kappa shape index (κ3) is 3.36. The Morgan fingerprint density at radius 3 is 2.52 bits per heavy atom. The topological polar surface area (TPSA) is 124 Å². The maximum Gasteiger partial charge on any atom is 0.332 e. The van der Waals surface area contributed by atoms with E-state index in [4.69, 9.17) is 0 Å². The number of phenolic OH excluding ortho intramolecular Hbond substituents is 1. The van der Waals surface area contributed by atoms with E-state index in [0.29, 0.717) is 5.71 Å². The zero-order valence-electron chi connectivity index (χ0n) is 15.0. The summed E-state index contributed by atoms with van der Waals surface area (Å²) in [4.78, 5) is 40.6. The smallest absolute Gasteiger partial charge is 0.332 e. The molecule has 0 aliphatic rings. The van der Waals surface area contributed by atoms with Crippen LogP contribution in [0.25, 0.3) is 11.2 Å². The summed E-state index contributed by atoms with van der Waals surface area (Å²) in [6.07, 6.45) is 1.33. The molecule has 0 radical (unpaired) electrons. The Morgan fingerprint density at radius 2 is 1.85 bits per heavy atom. The third-order valence-corrected chi connectivity index (χ3v) is 4.16. The standard InChI is InChI=1S/C17H18N6O4/c1-10(11-4-6-12(24)7-5-11)19-20-13(25)8-23-9-18-15-14(23)16(26)22(3)17(27)21(15)2/h4-7,9,24H,8H2,1-3H3,(H,20,25)/b19-10-. The Bertz CT molecular complexity index is 1170. The van der Waals surface area contributed by atoms with Crippen molar-refractivity contribution in [3.63, 3.8) is 0 Å². The number of nitrogens with zero attached hydrogens (tertiary/aromatic N) is 5. The molecule has 3 aromatic rings. The predicted octanol–water partition coefficient (Wildman–Crippen LogP) is -0.320. The van der Waals surface area contributed by atoms with Crippen molar-refractivity contribution in [2.45, 2.75) is 13.5 Å². The van der Waals surface area contributed by atoms with Crippen LogP contribution in [0.15, 0.2) is 45.3 Å². The van der Waals surface area contributed by atoms with E-state index in [2.05, 4.69) is 15.5 Å². The number of hydrogen-bond acceptors (Lipinski definition) is 6. The van der Waals surface area contributed by atoms with Crippen molar-refractivity contribution in [2.24, 2.45) is 19.2 Å². The van der Waals surface area contributed by atoms with Gasteiger partial charge in [-0.15, -0.1) is 0 Å². The molecule has 2 heterocycles. The van der Waals surface area contributed by atoms with E-state index in [-0.39, 0.29) is 23.5 Å². The molecule has 2 N–H and O–H groups in total. The van der Waals surface area contributed by atoms with Gasteiger partial charge >= 0.3 is 5.69 Å². The second kappa shape index (κ2) is 6.90. The Balaban J connectivity index is 1.83. The molecule has 140 valence electrons. The quantitative estimate of drug-likeness (QED) is 0.481. The van der Waals surface area contributed by atoms with Crippen LogP contribution < -0.4 is 16.7 Å². The summed E-state index contributed by atoms with van der Waals surface area (Å²) in [6, 6.07) is 6.39. The van der Waals surface area contributed by atoms with E-state index in [1.165, 1.54) is 41.7 Å². The Labute approximate surface area is 153 Å². The first-order chi connectivity index (χ1) is 12.8. The average Bonchev–Trinajstić information content (AvgIpc) is 3.07. The first kappa shape index (κ1) is 18.1. The van der Waals surface area contributed by atoms with Crippen LogP contribution in [0.2, 0.25) is 0 Å². The van der Waals surface area contributed by atoms with Gasteiger partial charge in [0.1, 0.15) is 12.3 Å². The zero-order valence-corrected chi connectivity index (χ0v) is 15.0. The Kier molecular flexibility index (Phi) is 4.63. The number of aromatic hydroxyl groups is 1. The summed E-state index contributed by atoms with van der Waals surface area (Å²) in [5, 5.41) is 13.3. The summed E-state index contributed by atoms with van der Waals surface area (Å²) in [6.45, 7) is 1.53. The highest BCUT2D eigenvalue weighted by Crippen LogP contribution is 2.10. The molecule has 0 saturated carbocycles. The van der Waals surface area contributed by atoms with Crippen LogP contribution in [0.3, 0.4) is 0 Å². The molecular weight excluding hydrogens is 352 g/mol. The molecule has 10 nitrogen and oxygen atoms in total. The molecular formula is C17H18N6O4. The van der Waals surface area contributed by atoms with E-state index < -0.39 is 17.2 Å². The van der Waals surface area contributed by atoms with Crippen LogP contribution in [-0.2, 0) is 25.4 Å². The van der Waals surface area contributed by atoms with Gasteiger partial charge in [0, 0.05) is 14.1 Å². The summed E-state index contributed by atoms with van der Waals surface area (Å²) < 4.78 is 3.58. The molecule has 0 bridgehead atoms. The van der Waals surface area contributed by atoms with Gasteiger partial charge in [0.25, 0.3) is 11.5 Å². The predicted molar refractivity (Wildman–Crippen MR) is 98.7 cm³/mol. The van der Waals surface area contributed by atoms with Crippen LogP contribution in [0.1, 0.15) is 12.5 Å².